The van der Waals surface area contributed by atoms with Crippen LogP contribution in [0.5, 0.6) is 5.75 Å². The number of piperidine rings is 1. The van der Waals surface area contributed by atoms with Crippen molar-refractivity contribution in [3.63, 3.8) is 0 Å². The molecule has 1 atom stereocenters. The van der Waals surface area contributed by atoms with E-state index in [1.807, 2.05) is 6.07 Å². The van der Waals surface area contributed by atoms with E-state index in [0.29, 0.717) is 5.41 Å². The average Bonchev–Trinajstić information content (AvgIpc) is 2.48. The molecule has 1 aromatic rings. The van der Waals surface area contributed by atoms with Gasteiger partial charge in [0.2, 0.25) is 0 Å². The van der Waals surface area contributed by atoms with E-state index in [2.05, 4.69) is 36.9 Å². The lowest BCUT2D eigenvalue weighted by molar-refractivity contribution is 0.0701. The summed E-state index contributed by atoms with van der Waals surface area (Å²) in [6.45, 7) is 8.24. The van der Waals surface area contributed by atoms with Crippen molar-refractivity contribution in [2.45, 2.75) is 52.5 Å². The van der Waals surface area contributed by atoms with Gasteiger partial charge < -0.3 is 4.74 Å². The Labute approximate surface area is 124 Å². The summed E-state index contributed by atoms with van der Waals surface area (Å²) in [5.74, 6) is 0.967. The molecule has 0 amide bonds. The van der Waals surface area contributed by atoms with E-state index in [1.54, 1.807) is 7.11 Å². The quantitative estimate of drug-likeness (QED) is 0.758. The third-order valence-corrected chi connectivity index (χ3v) is 4.81. The fourth-order valence-electron chi connectivity index (χ4n) is 3.67. The molecule has 2 heteroatoms. The van der Waals surface area contributed by atoms with Crippen LogP contribution in [-0.2, 0) is 6.54 Å². The fraction of sp³-hybridized carbons (Fsp3) is 0.667. The van der Waals surface area contributed by atoms with Crippen LogP contribution < -0.4 is 4.74 Å². The molecule has 1 fully saturated rings. The summed E-state index contributed by atoms with van der Waals surface area (Å²) in [6.07, 6.45) is 6.75. The first-order valence-corrected chi connectivity index (χ1v) is 8.06. The first-order valence-electron chi connectivity index (χ1n) is 8.06. The van der Waals surface area contributed by atoms with E-state index in [9.17, 15) is 0 Å². The highest BCUT2D eigenvalue weighted by atomic mass is 16.5. The highest BCUT2D eigenvalue weighted by molar-refractivity contribution is 5.28. The van der Waals surface area contributed by atoms with Gasteiger partial charge >= 0.3 is 0 Å². The summed E-state index contributed by atoms with van der Waals surface area (Å²) in [7, 11) is 1.74. The molecule has 0 bridgehead atoms. The van der Waals surface area contributed by atoms with E-state index in [1.165, 1.54) is 50.8 Å². The zero-order valence-corrected chi connectivity index (χ0v) is 13.3. The first kappa shape index (κ1) is 15.4. The highest BCUT2D eigenvalue weighted by Gasteiger charge is 2.32. The molecule has 1 unspecified atom stereocenters. The number of methoxy groups -OCH3 is 1. The van der Waals surface area contributed by atoms with E-state index in [-0.39, 0.29) is 0 Å². The second kappa shape index (κ2) is 7.12. The number of rotatable bonds is 6. The van der Waals surface area contributed by atoms with Gasteiger partial charge in [0, 0.05) is 13.1 Å². The Hall–Kier alpha value is -1.02. The normalized spacial score (nSPS) is 23.8. The van der Waals surface area contributed by atoms with E-state index in [0.717, 1.165) is 12.3 Å². The van der Waals surface area contributed by atoms with Crippen molar-refractivity contribution in [1.29, 1.82) is 0 Å². The molecule has 1 aliphatic rings. The second-order valence-electron chi connectivity index (χ2n) is 6.27. The standard InChI is InChI=1S/C18H29NO/c1-4-10-18(5-2)11-7-12-19(15-18)14-16-8-6-9-17(13-16)20-3/h6,8-9,13H,4-5,7,10-12,14-15H2,1-3H3. The number of likely N-dealkylation sites (tertiary alicyclic amines) is 1. The van der Waals surface area contributed by atoms with Crippen LogP contribution in [0.4, 0.5) is 0 Å². The highest BCUT2D eigenvalue weighted by Crippen LogP contribution is 2.38. The summed E-state index contributed by atoms with van der Waals surface area (Å²) in [6, 6.07) is 8.50. The summed E-state index contributed by atoms with van der Waals surface area (Å²) < 4.78 is 5.33. The molecule has 0 saturated carbocycles. The minimum Gasteiger partial charge on any atom is -0.497 e. The van der Waals surface area contributed by atoms with Crippen molar-refractivity contribution in [1.82, 2.24) is 4.90 Å². The maximum absolute atomic E-state index is 5.33. The van der Waals surface area contributed by atoms with Crippen molar-refractivity contribution < 1.29 is 4.74 Å². The lowest BCUT2D eigenvalue weighted by Crippen LogP contribution is -2.42. The summed E-state index contributed by atoms with van der Waals surface area (Å²) >= 11 is 0. The van der Waals surface area contributed by atoms with E-state index >= 15 is 0 Å². The van der Waals surface area contributed by atoms with Crippen molar-refractivity contribution in [3.05, 3.63) is 29.8 Å². The van der Waals surface area contributed by atoms with Gasteiger partial charge in [0.1, 0.15) is 5.75 Å². The Bertz CT molecular complexity index is 414. The Morgan fingerprint density at radius 3 is 2.85 bits per heavy atom. The smallest absolute Gasteiger partial charge is 0.119 e. The van der Waals surface area contributed by atoms with Gasteiger partial charge in [-0.05, 0) is 55.3 Å². The van der Waals surface area contributed by atoms with Gasteiger partial charge in [-0.2, -0.15) is 0 Å². The number of benzene rings is 1. The van der Waals surface area contributed by atoms with Gasteiger partial charge in [-0.3, -0.25) is 4.90 Å². The number of hydrogen-bond acceptors (Lipinski definition) is 2. The van der Waals surface area contributed by atoms with Crippen molar-refractivity contribution in [3.8, 4) is 5.75 Å². The molecule has 0 aliphatic carbocycles. The Kier molecular flexibility index (Phi) is 5.47. The van der Waals surface area contributed by atoms with Crippen LogP contribution in [0, 0.1) is 5.41 Å². The SMILES string of the molecule is CCCC1(CC)CCCN(Cc2cccc(OC)c2)C1. The molecule has 0 spiro atoms. The third kappa shape index (κ3) is 3.76. The summed E-state index contributed by atoms with van der Waals surface area (Å²) in [5, 5.41) is 0. The minimum absolute atomic E-state index is 0.561. The molecule has 1 aromatic carbocycles. The van der Waals surface area contributed by atoms with Gasteiger partial charge in [-0.1, -0.05) is 32.4 Å². The molecule has 0 aromatic heterocycles. The lowest BCUT2D eigenvalue weighted by Gasteiger charge is -2.42. The van der Waals surface area contributed by atoms with Gasteiger partial charge in [0.25, 0.3) is 0 Å². The van der Waals surface area contributed by atoms with Gasteiger partial charge in [-0.15, -0.1) is 0 Å². The van der Waals surface area contributed by atoms with E-state index in [4.69, 9.17) is 4.74 Å². The zero-order valence-electron chi connectivity index (χ0n) is 13.3. The van der Waals surface area contributed by atoms with Crippen LogP contribution in [-0.4, -0.2) is 25.1 Å². The van der Waals surface area contributed by atoms with Crippen LogP contribution in [0.1, 0.15) is 51.5 Å². The number of ether oxygens (including phenoxy) is 1. The Morgan fingerprint density at radius 1 is 1.30 bits per heavy atom. The molecule has 1 heterocycles. The lowest BCUT2D eigenvalue weighted by atomic mass is 9.74. The van der Waals surface area contributed by atoms with Crippen LogP contribution in [0.15, 0.2) is 24.3 Å². The molecule has 2 nitrogen and oxygen atoms in total. The van der Waals surface area contributed by atoms with Gasteiger partial charge in [0.15, 0.2) is 0 Å². The summed E-state index contributed by atoms with van der Waals surface area (Å²) in [4.78, 5) is 2.64. The number of hydrogen-bond donors (Lipinski definition) is 0. The number of nitrogens with zero attached hydrogens (tertiary/aromatic N) is 1. The first-order chi connectivity index (χ1) is 9.71. The Balaban J connectivity index is 2.01. The maximum Gasteiger partial charge on any atom is 0.119 e. The monoisotopic (exact) mass is 275 g/mol. The largest absolute Gasteiger partial charge is 0.497 e. The Morgan fingerprint density at radius 2 is 2.15 bits per heavy atom. The topological polar surface area (TPSA) is 12.5 Å². The van der Waals surface area contributed by atoms with Crippen LogP contribution >= 0.6 is 0 Å². The van der Waals surface area contributed by atoms with Crippen LogP contribution in [0.2, 0.25) is 0 Å². The summed E-state index contributed by atoms with van der Waals surface area (Å²) in [5.41, 5.74) is 1.93. The predicted molar refractivity (Wildman–Crippen MR) is 85.1 cm³/mol. The van der Waals surface area contributed by atoms with Crippen LogP contribution in [0.25, 0.3) is 0 Å². The third-order valence-electron chi connectivity index (χ3n) is 4.81. The molecular formula is C18H29NO. The minimum atomic E-state index is 0.561. The molecular weight excluding hydrogens is 246 g/mol. The molecule has 0 N–H and O–H groups in total. The van der Waals surface area contributed by atoms with Crippen molar-refractivity contribution in [2.75, 3.05) is 20.2 Å². The van der Waals surface area contributed by atoms with Crippen LogP contribution in [0.3, 0.4) is 0 Å². The average molecular weight is 275 g/mol. The van der Waals surface area contributed by atoms with Crippen molar-refractivity contribution >= 4 is 0 Å². The zero-order chi connectivity index (χ0) is 14.4. The van der Waals surface area contributed by atoms with E-state index < -0.39 is 0 Å². The second-order valence-corrected chi connectivity index (χ2v) is 6.27. The molecule has 1 saturated heterocycles. The molecule has 0 radical (unpaired) electrons. The maximum atomic E-state index is 5.33. The fourth-order valence-corrected chi connectivity index (χ4v) is 3.67. The predicted octanol–water partition coefficient (Wildman–Crippen LogP) is 4.49. The van der Waals surface area contributed by atoms with Gasteiger partial charge in [0.05, 0.1) is 7.11 Å². The molecule has 1 aliphatic heterocycles. The van der Waals surface area contributed by atoms with Crippen molar-refractivity contribution in [2.24, 2.45) is 5.41 Å². The molecule has 112 valence electrons. The molecule has 2 rings (SSSR count). The molecule has 20 heavy (non-hydrogen) atoms. The van der Waals surface area contributed by atoms with Gasteiger partial charge in [-0.25, -0.2) is 0 Å².